The fraction of sp³-hybridized carbons (Fsp3) is 0.417. The zero-order valence-electron chi connectivity index (χ0n) is 9.94. The Hall–Kier alpha value is -1.82. The second kappa shape index (κ2) is 4.81. The first-order chi connectivity index (χ1) is 8.51. The number of halogens is 1. The Kier molecular flexibility index (Phi) is 3.38. The molecule has 1 aromatic rings. The average molecular weight is 254 g/mol. The molecule has 0 bridgehead atoms. The number of carboxylic acid groups (broad SMARTS) is 1. The van der Waals surface area contributed by atoms with Crippen LogP contribution in [0.25, 0.3) is 0 Å². The lowest BCUT2D eigenvalue weighted by Crippen LogP contribution is -2.40. The van der Waals surface area contributed by atoms with E-state index in [-0.39, 0.29) is 17.8 Å². The first kappa shape index (κ1) is 12.6. The lowest BCUT2D eigenvalue weighted by Gasteiger charge is -2.35. The van der Waals surface area contributed by atoms with Crippen LogP contribution in [-0.2, 0) is 4.74 Å². The molecule has 98 valence electrons. The molecule has 6 heteroatoms. The maximum atomic E-state index is 13.5. The van der Waals surface area contributed by atoms with Crippen LogP contribution < -0.4 is 11.1 Å². The summed E-state index contributed by atoms with van der Waals surface area (Å²) in [5, 5.41) is 11.8. The molecular formula is C12H15FN2O3. The number of carboxylic acids is 1. The average Bonchev–Trinajstić information content (AvgIpc) is 2.26. The van der Waals surface area contributed by atoms with Crippen LogP contribution in [0.15, 0.2) is 12.1 Å². The van der Waals surface area contributed by atoms with Crippen LogP contribution in [0.5, 0.6) is 0 Å². The van der Waals surface area contributed by atoms with E-state index in [4.69, 9.17) is 15.6 Å². The summed E-state index contributed by atoms with van der Waals surface area (Å²) in [7, 11) is 1.65. The molecule has 0 heterocycles. The lowest BCUT2D eigenvalue weighted by molar-refractivity contribution is 0.0329. The van der Waals surface area contributed by atoms with E-state index in [1.165, 1.54) is 0 Å². The highest BCUT2D eigenvalue weighted by Crippen LogP contribution is 2.30. The fourth-order valence-corrected chi connectivity index (χ4v) is 1.97. The van der Waals surface area contributed by atoms with Crippen LogP contribution >= 0.6 is 0 Å². The normalized spacial score (nSPS) is 22.3. The zero-order valence-corrected chi connectivity index (χ0v) is 9.94. The summed E-state index contributed by atoms with van der Waals surface area (Å²) in [5.74, 6) is -2.12. The topological polar surface area (TPSA) is 84.6 Å². The van der Waals surface area contributed by atoms with Crippen LogP contribution in [0.4, 0.5) is 15.8 Å². The minimum Gasteiger partial charge on any atom is -0.478 e. The molecule has 2 rings (SSSR count). The number of hydrogen-bond donors (Lipinski definition) is 3. The molecule has 0 radical (unpaired) electrons. The fourth-order valence-electron chi connectivity index (χ4n) is 1.97. The van der Waals surface area contributed by atoms with Crippen molar-refractivity contribution < 1.29 is 19.0 Å². The lowest BCUT2D eigenvalue weighted by atomic mass is 9.89. The molecule has 1 fully saturated rings. The smallest absolute Gasteiger partial charge is 0.338 e. The highest BCUT2D eigenvalue weighted by molar-refractivity contribution is 5.90. The number of rotatable bonds is 4. The van der Waals surface area contributed by atoms with Gasteiger partial charge < -0.3 is 20.9 Å². The Labute approximate surface area is 104 Å². The first-order valence-electron chi connectivity index (χ1n) is 5.63. The van der Waals surface area contributed by atoms with Crippen LogP contribution in [0.3, 0.4) is 0 Å². The van der Waals surface area contributed by atoms with Gasteiger partial charge in [-0.15, -0.1) is 0 Å². The van der Waals surface area contributed by atoms with Crippen LogP contribution in [0.1, 0.15) is 23.2 Å². The van der Waals surface area contributed by atoms with E-state index >= 15 is 0 Å². The van der Waals surface area contributed by atoms with Crippen molar-refractivity contribution in [2.45, 2.75) is 25.0 Å². The predicted octanol–water partition coefficient (Wildman–Crippen LogP) is 1.70. The summed E-state index contributed by atoms with van der Waals surface area (Å²) in [5.41, 5.74) is 5.94. The molecule has 0 unspecified atom stereocenters. The molecule has 0 amide bonds. The van der Waals surface area contributed by atoms with Gasteiger partial charge in [-0.1, -0.05) is 0 Å². The van der Waals surface area contributed by atoms with Gasteiger partial charge in [0.2, 0.25) is 0 Å². The number of nitrogens with two attached hydrogens (primary N) is 1. The van der Waals surface area contributed by atoms with Crippen molar-refractivity contribution in [3.63, 3.8) is 0 Å². The van der Waals surface area contributed by atoms with Gasteiger partial charge in [0.05, 0.1) is 23.0 Å². The standard InChI is InChI=1S/C12H15FN2O3/c1-18-7-2-6(3-7)15-11-5-9(13)8(12(16)17)4-10(11)14/h4-7,15H,2-3,14H2,1H3,(H,16,17). The Balaban J connectivity index is 2.10. The molecule has 1 saturated carbocycles. The minimum absolute atomic E-state index is 0.187. The third-order valence-electron chi connectivity index (χ3n) is 3.16. The second-order valence-corrected chi connectivity index (χ2v) is 4.39. The van der Waals surface area contributed by atoms with Crippen molar-refractivity contribution >= 4 is 17.3 Å². The number of nitrogens with one attached hydrogen (secondary N) is 1. The number of benzene rings is 1. The molecule has 0 spiro atoms. The van der Waals surface area contributed by atoms with Crippen molar-refractivity contribution in [2.24, 2.45) is 0 Å². The van der Waals surface area contributed by atoms with Crippen LogP contribution in [0.2, 0.25) is 0 Å². The van der Waals surface area contributed by atoms with E-state index in [1.807, 2.05) is 0 Å². The number of ether oxygens (including phenoxy) is 1. The molecule has 1 aliphatic carbocycles. The van der Waals surface area contributed by atoms with Crippen molar-refractivity contribution in [2.75, 3.05) is 18.2 Å². The second-order valence-electron chi connectivity index (χ2n) is 4.39. The number of methoxy groups -OCH3 is 1. The van der Waals surface area contributed by atoms with Crippen molar-refractivity contribution in [1.29, 1.82) is 0 Å². The largest absolute Gasteiger partial charge is 0.478 e. The first-order valence-corrected chi connectivity index (χ1v) is 5.63. The Morgan fingerprint density at radius 1 is 1.56 bits per heavy atom. The van der Waals surface area contributed by atoms with E-state index in [9.17, 15) is 9.18 Å². The Morgan fingerprint density at radius 2 is 2.22 bits per heavy atom. The molecule has 4 N–H and O–H groups in total. The van der Waals surface area contributed by atoms with Crippen LogP contribution in [0, 0.1) is 5.82 Å². The summed E-state index contributed by atoms with van der Waals surface area (Å²) in [6, 6.07) is 2.44. The summed E-state index contributed by atoms with van der Waals surface area (Å²) in [4.78, 5) is 10.7. The molecule has 18 heavy (non-hydrogen) atoms. The quantitative estimate of drug-likeness (QED) is 0.712. The van der Waals surface area contributed by atoms with Gasteiger partial charge in [-0.2, -0.15) is 0 Å². The van der Waals surface area contributed by atoms with Gasteiger partial charge in [0.25, 0.3) is 0 Å². The summed E-state index contributed by atoms with van der Waals surface area (Å²) in [6.45, 7) is 0. The highest BCUT2D eigenvalue weighted by Gasteiger charge is 2.29. The zero-order chi connectivity index (χ0) is 13.3. The SMILES string of the molecule is COC1CC(Nc2cc(F)c(C(=O)O)cc2N)C1. The molecule has 0 atom stereocenters. The molecule has 1 aliphatic rings. The van der Waals surface area contributed by atoms with Crippen LogP contribution in [-0.4, -0.2) is 30.3 Å². The molecule has 0 aromatic heterocycles. The minimum atomic E-state index is -1.33. The molecule has 0 aliphatic heterocycles. The van der Waals surface area contributed by atoms with Gasteiger partial charge in [-0.05, 0) is 25.0 Å². The van der Waals surface area contributed by atoms with Gasteiger partial charge in [-0.25, -0.2) is 9.18 Å². The van der Waals surface area contributed by atoms with Crippen molar-refractivity contribution in [3.8, 4) is 0 Å². The van der Waals surface area contributed by atoms with E-state index in [2.05, 4.69) is 5.32 Å². The van der Waals surface area contributed by atoms with E-state index in [0.29, 0.717) is 5.69 Å². The third kappa shape index (κ3) is 2.38. The van der Waals surface area contributed by atoms with Crippen molar-refractivity contribution in [3.05, 3.63) is 23.5 Å². The monoisotopic (exact) mass is 254 g/mol. The van der Waals surface area contributed by atoms with E-state index in [1.54, 1.807) is 7.11 Å². The Morgan fingerprint density at radius 3 is 2.78 bits per heavy atom. The summed E-state index contributed by atoms with van der Waals surface area (Å²) in [6.07, 6.45) is 1.89. The maximum absolute atomic E-state index is 13.5. The van der Waals surface area contributed by atoms with Gasteiger partial charge in [0.15, 0.2) is 0 Å². The van der Waals surface area contributed by atoms with Gasteiger partial charge in [0, 0.05) is 13.2 Å². The molecule has 5 nitrogen and oxygen atoms in total. The third-order valence-corrected chi connectivity index (χ3v) is 3.16. The van der Waals surface area contributed by atoms with Crippen molar-refractivity contribution in [1.82, 2.24) is 0 Å². The van der Waals surface area contributed by atoms with E-state index in [0.717, 1.165) is 25.0 Å². The van der Waals surface area contributed by atoms with Gasteiger partial charge in [0.1, 0.15) is 5.82 Å². The number of aromatic carboxylic acids is 1. The molecule has 0 saturated heterocycles. The summed E-state index contributed by atoms with van der Waals surface area (Å²) < 4.78 is 18.6. The maximum Gasteiger partial charge on any atom is 0.338 e. The number of anilines is 2. The summed E-state index contributed by atoms with van der Waals surface area (Å²) >= 11 is 0. The molecule has 1 aromatic carbocycles. The van der Waals surface area contributed by atoms with E-state index < -0.39 is 17.3 Å². The number of hydrogen-bond acceptors (Lipinski definition) is 4. The Bertz CT molecular complexity index is 473. The highest BCUT2D eigenvalue weighted by atomic mass is 19.1. The number of nitrogen functional groups attached to an aromatic ring is 1. The number of carbonyl (C=O) groups is 1. The molecular weight excluding hydrogens is 239 g/mol. The van der Waals surface area contributed by atoms with Gasteiger partial charge >= 0.3 is 5.97 Å². The predicted molar refractivity (Wildman–Crippen MR) is 65.2 cm³/mol. The van der Waals surface area contributed by atoms with Gasteiger partial charge in [-0.3, -0.25) is 0 Å².